The highest BCUT2D eigenvalue weighted by molar-refractivity contribution is 5.86. The topological polar surface area (TPSA) is 64.7 Å². The number of nitrogens with one attached hydrogen (secondary N) is 2. The number of piperazine rings is 1. The molecule has 0 aliphatic carbocycles. The molecule has 132 valence electrons. The maximum absolute atomic E-state index is 12.3. The molecular formula is C18H28N4O2. The molecule has 1 aromatic rings. The molecule has 6 heteroatoms. The summed E-state index contributed by atoms with van der Waals surface area (Å²) >= 11 is 0. The van der Waals surface area contributed by atoms with E-state index in [-0.39, 0.29) is 11.9 Å². The highest BCUT2D eigenvalue weighted by Crippen LogP contribution is 2.20. The zero-order valence-electron chi connectivity index (χ0n) is 14.8. The molecule has 2 N–H and O–H groups in total. The van der Waals surface area contributed by atoms with Gasteiger partial charge in [0.25, 0.3) is 0 Å². The van der Waals surface area contributed by atoms with Gasteiger partial charge < -0.3 is 20.4 Å². The van der Waals surface area contributed by atoms with Crippen LogP contribution < -0.4 is 15.5 Å². The number of benzene rings is 1. The highest BCUT2D eigenvalue weighted by atomic mass is 16.2. The minimum atomic E-state index is -0.515. The van der Waals surface area contributed by atoms with E-state index in [0.717, 1.165) is 19.5 Å². The van der Waals surface area contributed by atoms with Gasteiger partial charge in [-0.2, -0.15) is 0 Å². The number of para-hydroxylation sites is 1. The fourth-order valence-electron chi connectivity index (χ4n) is 2.81. The van der Waals surface area contributed by atoms with Gasteiger partial charge in [-0.3, -0.25) is 4.79 Å². The van der Waals surface area contributed by atoms with E-state index in [1.807, 2.05) is 19.1 Å². The van der Waals surface area contributed by atoms with Gasteiger partial charge in [-0.05, 0) is 31.9 Å². The van der Waals surface area contributed by atoms with Gasteiger partial charge >= 0.3 is 6.03 Å². The zero-order chi connectivity index (χ0) is 17.5. The second-order valence-electron chi connectivity index (χ2n) is 6.22. The standard InChI is InChI=1S/C18H28N4O2/c1-4-9-19-17(23)15(3)20-18(24)22-12-10-21(11-13-22)16-8-6-5-7-14(16)2/h5-8,15H,4,9-13H2,1-3H3,(H,19,23)(H,20,24)/t15-/m0/s1. The second kappa shape index (κ2) is 8.57. The van der Waals surface area contributed by atoms with Crippen molar-refractivity contribution in [1.82, 2.24) is 15.5 Å². The van der Waals surface area contributed by atoms with E-state index in [4.69, 9.17) is 0 Å². The van der Waals surface area contributed by atoms with E-state index < -0.39 is 6.04 Å². The first-order chi connectivity index (χ1) is 11.5. The number of carbonyl (C=O) groups is 2. The van der Waals surface area contributed by atoms with E-state index in [1.54, 1.807) is 11.8 Å². The van der Waals surface area contributed by atoms with Crippen LogP contribution in [0.1, 0.15) is 25.8 Å². The molecule has 0 aromatic heterocycles. The summed E-state index contributed by atoms with van der Waals surface area (Å²) in [6, 6.07) is 7.61. The Balaban J connectivity index is 1.82. The first kappa shape index (κ1) is 18.1. The lowest BCUT2D eigenvalue weighted by Gasteiger charge is -2.37. The van der Waals surface area contributed by atoms with Crippen molar-refractivity contribution >= 4 is 17.6 Å². The number of anilines is 1. The third-order valence-electron chi connectivity index (χ3n) is 4.31. The van der Waals surface area contributed by atoms with Gasteiger partial charge in [0.1, 0.15) is 6.04 Å². The predicted octanol–water partition coefficient (Wildman–Crippen LogP) is 1.74. The van der Waals surface area contributed by atoms with Crippen LogP contribution in [-0.4, -0.2) is 55.6 Å². The van der Waals surface area contributed by atoms with Gasteiger partial charge in [0.15, 0.2) is 0 Å². The third-order valence-corrected chi connectivity index (χ3v) is 4.31. The number of hydrogen-bond acceptors (Lipinski definition) is 3. The number of urea groups is 1. The van der Waals surface area contributed by atoms with Crippen LogP contribution in [0.2, 0.25) is 0 Å². The molecule has 3 amide bonds. The zero-order valence-corrected chi connectivity index (χ0v) is 14.8. The summed E-state index contributed by atoms with van der Waals surface area (Å²) in [5, 5.41) is 5.58. The normalized spacial score (nSPS) is 15.8. The Morgan fingerprint density at radius 1 is 1.17 bits per heavy atom. The lowest BCUT2D eigenvalue weighted by Crippen LogP contribution is -2.55. The first-order valence-electron chi connectivity index (χ1n) is 8.66. The van der Waals surface area contributed by atoms with Crippen molar-refractivity contribution in [3.8, 4) is 0 Å². The Bertz CT molecular complexity index is 568. The second-order valence-corrected chi connectivity index (χ2v) is 6.22. The monoisotopic (exact) mass is 332 g/mol. The lowest BCUT2D eigenvalue weighted by atomic mass is 10.1. The molecular weight excluding hydrogens is 304 g/mol. The SMILES string of the molecule is CCCNC(=O)[C@H](C)NC(=O)N1CCN(c2ccccc2C)CC1. The summed E-state index contributed by atoms with van der Waals surface area (Å²) < 4.78 is 0. The third kappa shape index (κ3) is 4.63. The van der Waals surface area contributed by atoms with Crippen LogP contribution in [0, 0.1) is 6.92 Å². The van der Waals surface area contributed by atoms with E-state index in [2.05, 4.69) is 34.6 Å². The lowest BCUT2D eigenvalue weighted by molar-refractivity contribution is -0.122. The number of aryl methyl sites for hydroxylation is 1. The molecule has 0 saturated carbocycles. The quantitative estimate of drug-likeness (QED) is 0.863. The molecule has 2 rings (SSSR count). The van der Waals surface area contributed by atoms with Crippen LogP contribution in [-0.2, 0) is 4.79 Å². The van der Waals surface area contributed by atoms with Crippen LogP contribution in [0.5, 0.6) is 0 Å². The van der Waals surface area contributed by atoms with E-state index in [1.165, 1.54) is 11.3 Å². The van der Waals surface area contributed by atoms with Crippen molar-refractivity contribution in [1.29, 1.82) is 0 Å². The molecule has 24 heavy (non-hydrogen) atoms. The molecule has 1 saturated heterocycles. The van der Waals surface area contributed by atoms with Gasteiger partial charge in [0.2, 0.25) is 5.91 Å². The summed E-state index contributed by atoms with van der Waals surface area (Å²) in [5.74, 6) is -0.135. The number of hydrogen-bond donors (Lipinski definition) is 2. The van der Waals surface area contributed by atoms with Crippen LogP contribution in [0.3, 0.4) is 0 Å². The van der Waals surface area contributed by atoms with Gasteiger partial charge in [-0.25, -0.2) is 4.79 Å². The molecule has 1 atom stereocenters. The molecule has 6 nitrogen and oxygen atoms in total. The minimum Gasteiger partial charge on any atom is -0.368 e. The van der Waals surface area contributed by atoms with Gasteiger partial charge in [0.05, 0.1) is 0 Å². The number of amides is 3. The number of nitrogens with zero attached hydrogens (tertiary/aromatic N) is 2. The summed E-state index contributed by atoms with van der Waals surface area (Å²) in [6.45, 7) is 9.36. The van der Waals surface area contributed by atoms with Gasteiger partial charge in [-0.1, -0.05) is 25.1 Å². The summed E-state index contributed by atoms with van der Waals surface area (Å²) in [6.07, 6.45) is 0.882. The van der Waals surface area contributed by atoms with Gasteiger partial charge in [-0.15, -0.1) is 0 Å². The summed E-state index contributed by atoms with van der Waals surface area (Å²) in [7, 11) is 0. The van der Waals surface area contributed by atoms with Crippen LogP contribution in [0.25, 0.3) is 0 Å². The van der Waals surface area contributed by atoms with Gasteiger partial charge in [0, 0.05) is 38.4 Å². The largest absolute Gasteiger partial charge is 0.368 e. The Morgan fingerprint density at radius 3 is 2.46 bits per heavy atom. The van der Waals surface area contributed by atoms with Crippen molar-refractivity contribution < 1.29 is 9.59 Å². The number of rotatable bonds is 5. The molecule has 0 spiro atoms. The molecule has 1 aliphatic heterocycles. The van der Waals surface area contributed by atoms with Crippen molar-refractivity contribution in [2.75, 3.05) is 37.6 Å². The molecule has 1 heterocycles. The van der Waals surface area contributed by atoms with Crippen LogP contribution in [0.4, 0.5) is 10.5 Å². The average molecular weight is 332 g/mol. The van der Waals surface area contributed by atoms with Crippen molar-refractivity contribution in [3.63, 3.8) is 0 Å². The molecule has 0 unspecified atom stereocenters. The molecule has 0 radical (unpaired) electrons. The summed E-state index contributed by atoms with van der Waals surface area (Å²) in [4.78, 5) is 28.2. The Kier molecular flexibility index (Phi) is 6.46. The van der Waals surface area contributed by atoms with E-state index in [9.17, 15) is 9.59 Å². The van der Waals surface area contributed by atoms with Crippen LogP contribution in [0.15, 0.2) is 24.3 Å². The fourth-order valence-corrected chi connectivity index (χ4v) is 2.81. The van der Waals surface area contributed by atoms with Crippen molar-refractivity contribution in [3.05, 3.63) is 29.8 Å². The molecule has 0 bridgehead atoms. The predicted molar refractivity (Wildman–Crippen MR) is 96.3 cm³/mol. The Labute approximate surface area is 144 Å². The highest BCUT2D eigenvalue weighted by Gasteiger charge is 2.24. The van der Waals surface area contributed by atoms with E-state index in [0.29, 0.717) is 19.6 Å². The maximum atomic E-state index is 12.3. The van der Waals surface area contributed by atoms with E-state index >= 15 is 0 Å². The maximum Gasteiger partial charge on any atom is 0.318 e. The molecule has 1 aliphatic rings. The smallest absolute Gasteiger partial charge is 0.318 e. The molecule has 1 aromatic carbocycles. The Morgan fingerprint density at radius 2 is 1.83 bits per heavy atom. The fraction of sp³-hybridized carbons (Fsp3) is 0.556. The summed E-state index contributed by atoms with van der Waals surface area (Å²) in [5.41, 5.74) is 2.47. The first-order valence-corrected chi connectivity index (χ1v) is 8.66. The Hall–Kier alpha value is -2.24. The van der Waals surface area contributed by atoms with Crippen molar-refractivity contribution in [2.45, 2.75) is 33.2 Å². The minimum absolute atomic E-state index is 0.135. The number of carbonyl (C=O) groups excluding carboxylic acids is 2. The van der Waals surface area contributed by atoms with Crippen molar-refractivity contribution in [2.24, 2.45) is 0 Å². The van der Waals surface area contributed by atoms with Crippen LogP contribution >= 0.6 is 0 Å². The average Bonchev–Trinajstić information content (AvgIpc) is 2.60. The molecule has 1 fully saturated rings.